The van der Waals surface area contributed by atoms with Gasteiger partial charge in [-0.15, -0.1) is 8.78 Å². The highest BCUT2D eigenvalue weighted by Gasteiger charge is 2.44. The number of hydrogen-bond donors (Lipinski definition) is 3. The number of amides is 2. The molecule has 0 aromatic heterocycles. The number of alkyl halides is 5. The van der Waals surface area contributed by atoms with Crippen LogP contribution in [0.2, 0.25) is 0 Å². The van der Waals surface area contributed by atoms with Crippen LogP contribution < -0.4 is 29.6 Å². The van der Waals surface area contributed by atoms with Crippen molar-refractivity contribution in [1.82, 2.24) is 4.72 Å². The highest BCUT2D eigenvalue weighted by molar-refractivity contribution is 7.89. The fourth-order valence-corrected chi connectivity index (χ4v) is 7.33. The summed E-state index contributed by atoms with van der Waals surface area (Å²) < 4.78 is 141. The molecule has 10 nitrogen and oxygen atoms in total. The summed E-state index contributed by atoms with van der Waals surface area (Å²) in [4.78, 5) is 27.3. The highest BCUT2D eigenvalue weighted by atomic mass is 32.2. The number of hydrogen-bond acceptors (Lipinski definition) is 7. The molecule has 4 aromatic rings. The van der Waals surface area contributed by atoms with Crippen LogP contribution in [-0.2, 0) is 22.6 Å². The van der Waals surface area contributed by atoms with Crippen LogP contribution in [0, 0.1) is 11.6 Å². The van der Waals surface area contributed by atoms with Gasteiger partial charge in [0.1, 0.15) is 23.0 Å². The molecule has 18 heteroatoms. The minimum Gasteiger partial charge on any atom is -0.486 e. The molecule has 286 valence electrons. The smallest absolute Gasteiger partial charge is 0.486 e. The molecule has 54 heavy (non-hydrogen) atoms. The summed E-state index contributed by atoms with van der Waals surface area (Å²) in [5.74, 6) is -5.93. The average Bonchev–Trinajstić information content (AvgIpc) is 3.51. The zero-order valence-electron chi connectivity index (χ0n) is 28.9. The molecule has 0 saturated carbocycles. The van der Waals surface area contributed by atoms with E-state index in [4.69, 9.17) is 4.74 Å². The largest absolute Gasteiger partial charge is 0.586 e. The summed E-state index contributed by atoms with van der Waals surface area (Å²) in [6, 6.07) is 9.03. The first-order valence-electron chi connectivity index (χ1n) is 15.9. The predicted octanol–water partition coefficient (Wildman–Crippen LogP) is 8.27. The second kappa shape index (κ2) is 12.9. The third-order valence-corrected chi connectivity index (χ3v) is 9.72. The third-order valence-electron chi connectivity index (χ3n) is 7.97. The van der Waals surface area contributed by atoms with E-state index >= 15 is 4.39 Å². The average molecular weight is 782 g/mol. The molecule has 2 aliphatic heterocycles. The fraction of sp³-hybridized carbons (Fsp3) is 0.278. The Bertz CT molecular complexity index is 2340. The van der Waals surface area contributed by atoms with Crippen LogP contribution in [0.1, 0.15) is 66.5 Å². The van der Waals surface area contributed by atoms with E-state index < -0.39 is 91.1 Å². The number of carbonyl (C=O) groups is 2. The van der Waals surface area contributed by atoms with Crippen LogP contribution in [0.5, 0.6) is 17.2 Å². The summed E-state index contributed by atoms with van der Waals surface area (Å²) in [5, 5.41) is 4.53. The number of rotatable bonds is 7. The Labute approximate surface area is 303 Å². The van der Waals surface area contributed by atoms with Gasteiger partial charge >= 0.3 is 12.5 Å². The van der Waals surface area contributed by atoms with E-state index in [1.54, 1.807) is 34.6 Å². The monoisotopic (exact) mass is 781 g/mol. The van der Waals surface area contributed by atoms with Gasteiger partial charge < -0.3 is 24.8 Å². The lowest BCUT2D eigenvalue weighted by Crippen LogP contribution is -2.40. The number of carbonyl (C=O) groups excluding carboxylic acids is 2. The van der Waals surface area contributed by atoms with Gasteiger partial charge in [-0.2, -0.15) is 13.2 Å². The third kappa shape index (κ3) is 7.94. The van der Waals surface area contributed by atoms with Crippen molar-refractivity contribution in [2.24, 2.45) is 0 Å². The molecule has 2 aliphatic rings. The van der Waals surface area contributed by atoms with Crippen molar-refractivity contribution in [3.8, 4) is 28.4 Å². The Hall–Kier alpha value is -5.36. The van der Waals surface area contributed by atoms with Gasteiger partial charge in [-0.25, -0.2) is 21.9 Å². The minimum atomic E-state index is -5.12. The number of fused-ring (bicyclic) bond motifs is 2. The fourth-order valence-electron chi connectivity index (χ4n) is 5.89. The highest BCUT2D eigenvalue weighted by Crippen LogP contribution is 2.46. The van der Waals surface area contributed by atoms with Gasteiger partial charge in [0.15, 0.2) is 11.5 Å². The molecule has 3 N–H and O–H groups in total. The second-order valence-corrected chi connectivity index (χ2v) is 15.8. The van der Waals surface area contributed by atoms with Crippen molar-refractivity contribution < 1.29 is 63.0 Å². The van der Waals surface area contributed by atoms with E-state index in [1.807, 2.05) is 0 Å². The van der Waals surface area contributed by atoms with Crippen molar-refractivity contribution in [2.75, 3.05) is 10.6 Å². The predicted molar refractivity (Wildman–Crippen MR) is 180 cm³/mol. The normalized spacial score (nSPS) is 15.7. The lowest BCUT2D eigenvalue weighted by Gasteiger charge is -2.21. The van der Waals surface area contributed by atoms with E-state index in [9.17, 15) is 44.3 Å². The van der Waals surface area contributed by atoms with Gasteiger partial charge in [-0.3, -0.25) is 9.59 Å². The van der Waals surface area contributed by atoms with E-state index in [0.29, 0.717) is 17.7 Å². The maximum absolute atomic E-state index is 15.4. The SMILES string of the molecule is CC(C)(C)NS(=O)(=O)c1ccc(F)c(-c2cc3c(c(C(=O)Nc4cc5c(cc4C(=O)Nc4ccc(F)c(C(F)(F)F)c4)OC(F)(F)O5)c2)OC(C)(C)C3)c1. The molecule has 2 heterocycles. The number of benzene rings is 4. The molecule has 0 spiro atoms. The van der Waals surface area contributed by atoms with Crippen LogP contribution in [0.3, 0.4) is 0 Å². The summed E-state index contributed by atoms with van der Waals surface area (Å²) in [5.41, 5.74) is -5.01. The number of ether oxygens (including phenoxy) is 3. The van der Waals surface area contributed by atoms with Crippen molar-refractivity contribution in [1.29, 1.82) is 0 Å². The minimum absolute atomic E-state index is 0.0455. The molecule has 2 amide bonds. The lowest BCUT2D eigenvalue weighted by molar-refractivity contribution is -0.286. The van der Waals surface area contributed by atoms with Crippen LogP contribution in [-0.4, -0.2) is 37.7 Å². The van der Waals surface area contributed by atoms with E-state index in [1.165, 1.54) is 12.1 Å². The first kappa shape index (κ1) is 38.4. The van der Waals surface area contributed by atoms with Crippen LogP contribution in [0.4, 0.5) is 42.1 Å². The Morgan fingerprint density at radius 1 is 0.778 bits per heavy atom. The molecule has 0 aliphatic carbocycles. The van der Waals surface area contributed by atoms with Crippen molar-refractivity contribution in [2.45, 2.75) is 69.5 Å². The number of sulfonamides is 1. The van der Waals surface area contributed by atoms with Gasteiger partial charge in [0.05, 0.1) is 27.3 Å². The number of nitrogens with one attached hydrogen (secondary N) is 3. The van der Waals surface area contributed by atoms with E-state index in [2.05, 4.69) is 24.8 Å². The number of halogens is 7. The van der Waals surface area contributed by atoms with Crippen molar-refractivity contribution in [3.05, 3.63) is 94.6 Å². The van der Waals surface area contributed by atoms with Crippen molar-refractivity contribution >= 4 is 33.2 Å². The first-order chi connectivity index (χ1) is 24.8. The van der Waals surface area contributed by atoms with Gasteiger partial charge in [-0.1, -0.05) is 0 Å². The molecule has 0 atom stereocenters. The molecule has 6 rings (SSSR count). The van der Waals surface area contributed by atoms with Gasteiger partial charge in [-0.05, 0) is 100 Å². The van der Waals surface area contributed by atoms with Crippen LogP contribution in [0.15, 0.2) is 65.6 Å². The molecule has 0 saturated heterocycles. The molecular formula is C36H30F7N3O7S. The maximum Gasteiger partial charge on any atom is 0.586 e. The lowest BCUT2D eigenvalue weighted by atomic mass is 9.94. The molecule has 0 fully saturated rings. The summed E-state index contributed by atoms with van der Waals surface area (Å²) in [6.45, 7) is 8.28. The summed E-state index contributed by atoms with van der Waals surface area (Å²) in [6.07, 6.45) is -9.09. The zero-order valence-corrected chi connectivity index (χ0v) is 29.7. The van der Waals surface area contributed by atoms with E-state index in [-0.39, 0.29) is 33.8 Å². The Kier molecular flexibility index (Phi) is 9.16. The van der Waals surface area contributed by atoms with Crippen molar-refractivity contribution in [3.63, 3.8) is 0 Å². The van der Waals surface area contributed by atoms with Crippen LogP contribution in [0.25, 0.3) is 11.1 Å². The Balaban J connectivity index is 1.42. The van der Waals surface area contributed by atoms with Gasteiger partial charge in [0, 0.05) is 29.3 Å². The van der Waals surface area contributed by atoms with Gasteiger partial charge in [0.2, 0.25) is 10.0 Å². The summed E-state index contributed by atoms with van der Waals surface area (Å²) in [7, 11) is -4.13. The summed E-state index contributed by atoms with van der Waals surface area (Å²) >= 11 is 0. The first-order valence-corrected chi connectivity index (χ1v) is 17.4. The van der Waals surface area contributed by atoms with E-state index in [0.717, 1.165) is 36.4 Å². The maximum atomic E-state index is 15.4. The standard InChI is InChI=1S/C36H30F7N3O7S/c1-33(2,3)46-54(49,50)20-7-9-25(37)21(13-20)17-10-18-16-34(4,5)53-30(18)23(11-17)32(48)45-27-15-29-28(51-36(42,43)52-29)14-22(27)31(47)44-19-6-8-26(38)24(12-19)35(39,40)41/h6-15,46H,16H2,1-5H3,(H,44,47)(H,45,48). The topological polar surface area (TPSA) is 132 Å². The van der Waals surface area contributed by atoms with Crippen LogP contribution >= 0.6 is 0 Å². The molecule has 0 radical (unpaired) electrons. The molecular weight excluding hydrogens is 751 g/mol. The zero-order chi connectivity index (χ0) is 39.8. The molecule has 0 bridgehead atoms. The molecule has 4 aromatic carbocycles. The van der Waals surface area contributed by atoms with Gasteiger partial charge in [0.25, 0.3) is 11.8 Å². The number of anilines is 2. The second-order valence-electron chi connectivity index (χ2n) is 14.2. The molecule has 0 unspecified atom stereocenters. The quantitative estimate of drug-likeness (QED) is 0.161. The Morgan fingerprint density at radius 2 is 1.41 bits per heavy atom. The Morgan fingerprint density at radius 3 is 2.06 bits per heavy atom.